The molecule has 18 heavy (non-hydrogen) atoms. The highest BCUT2D eigenvalue weighted by Gasteiger charge is 2.51. The molecule has 0 saturated carbocycles. The van der Waals surface area contributed by atoms with Gasteiger partial charge in [0.25, 0.3) is 0 Å². The topological polar surface area (TPSA) is 98.1 Å². The molecule has 98 valence electrons. The molecule has 6 nitrogen and oxygen atoms in total. The summed E-state index contributed by atoms with van der Waals surface area (Å²) >= 11 is 0. The number of rotatable bonds is 5. The van der Waals surface area contributed by atoms with Gasteiger partial charge in [-0.3, -0.25) is 9.69 Å². The first-order chi connectivity index (χ1) is 8.31. The molecule has 0 heterocycles. The lowest BCUT2D eigenvalue weighted by molar-refractivity contribution is -0.176. The molecule has 1 aromatic carbocycles. The van der Waals surface area contributed by atoms with Crippen LogP contribution in [-0.4, -0.2) is 52.3 Å². The van der Waals surface area contributed by atoms with E-state index in [1.165, 1.54) is 38.4 Å². The highest BCUT2D eigenvalue weighted by molar-refractivity contribution is 5.89. The molecule has 0 saturated heterocycles. The molecule has 0 aliphatic rings. The largest absolute Gasteiger partial charge is 0.480 e. The SMILES string of the molecule is CN(C)C(C(=O)O)C(O)(C(=O)O)c1ccccc1. The summed E-state index contributed by atoms with van der Waals surface area (Å²) in [4.78, 5) is 23.7. The van der Waals surface area contributed by atoms with Crippen LogP contribution in [0.2, 0.25) is 0 Å². The third-order valence-corrected chi connectivity index (χ3v) is 2.69. The molecule has 1 rings (SSSR count). The van der Waals surface area contributed by atoms with Crippen LogP contribution in [0.15, 0.2) is 30.3 Å². The Hall–Kier alpha value is -1.92. The van der Waals surface area contributed by atoms with Crippen molar-refractivity contribution >= 4 is 11.9 Å². The molecule has 0 aliphatic carbocycles. The van der Waals surface area contributed by atoms with E-state index in [9.17, 15) is 19.8 Å². The molecular weight excluding hydrogens is 238 g/mol. The molecule has 3 N–H and O–H groups in total. The average molecular weight is 253 g/mol. The van der Waals surface area contributed by atoms with E-state index in [-0.39, 0.29) is 5.56 Å². The summed E-state index contributed by atoms with van der Waals surface area (Å²) in [6, 6.07) is 5.91. The fourth-order valence-electron chi connectivity index (χ4n) is 1.86. The van der Waals surface area contributed by atoms with Crippen LogP contribution < -0.4 is 0 Å². The minimum Gasteiger partial charge on any atom is -0.480 e. The predicted molar refractivity (Wildman–Crippen MR) is 63.1 cm³/mol. The number of hydrogen-bond donors (Lipinski definition) is 3. The van der Waals surface area contributed by atoms with Crippen molar-refractivity contribution in [2.75, 3.05) is 14.1 Å². The summed E-state index contributed by atoms with van der Waals surface area (Å²) in [7, 11) is 2.80. The van der Waals surface area contributed by atoms with E-state index in [0.717, 1.165) is 4.90 Å². The Bertz CT molecular complexity index is 445. The molecule has 0 amide bonds. The third kappa shape index (κ3) is 2.34. The zero-order valence-electron chi connectivity index (χ0n) is 10.1. The first-order valence-corrected chi connectivity index (χ1v) is 5.22. The summed E-state index contributed by atoms with van der Waals surface area (Å²) in [6.07, 6.45) is 0. The summed E-state index contributed by atoms with van der Waals surface area (Å²) in [5.74, 6) is -3.01. The second-order valence-corrected chi connectivity index (χ2v) is 4.14. The third-order valence-electron chi connectivity index (χ3n) is 2.69. The van der Waals surface area contributed by atoms with Crippen LogP contribution in [0.4, 0.5) is 0 Å². The van der Waals surface area contributed by atoms with Gasteiger partial charge in [-0.05, 0) is 19.7 Å². The number of carboxylic acid groups (broad SMARTS) is 2. The van der Waals surface area contributed by atoms with E-state index in [4.69, 9.17) is 5.11 Å². The van der Waals surface area contributed by atoms with Gasteiger partial charge in [-0.2, -0.15) is 0 Å². The number of aliphatic carboxylic acids is 2. The Morgan fingerprint density at radius 3 is 2.00 bits per heavy atom. The van der Waals surface area contributed by atoms with Crippen LogP contribution in [0.25, 0.3) is 0 Å². The van der Waals surface area contributed by atoms with Crippen molar-refractivity contribution in [1.29, 1.82) is 0 Å². The van der Waals surface area contributed by atoms with Gasteiger partial charge in [0.2, 0.25) is 5.60 Å². The number of likely N-dealkylation sites (N-methyl/N-ethyl adjacent to an activating group) is 1. The quantitative estimate of drug-likeness (QED) is 0.682. The Morgan fingerprint density at radius 1 is 1.17 bits per heavy atom. The summed E-state index contributed by atoms with van der Waals surface area (Å²) in [5, 5.41) is 28.7. The summed E-state index contributed by atoms with van der Waals surface area (Å²) in [5.41, 5.74) is -2.48. The number of hydrogen-bond acceptors (Lipinski definition) is 4. The van der Waals surface area contributed by atoms with Crippen LogP contribution >= 0.6 is 0 Å². The minimum absolute atomic E-state index is 0.0265. The van der Waals surface area contributed by atoms with E-state index in [1.807, 2.05) is 0 Å². The molecule has 1 aromatic rings. The van der Waals surface area contributed by atoms with Gasteiger partial charge in [-0.15, -0.1) is 0 Å². The second kappa shape index (κ2) is 5.16. The maximum Gasteiger partial charge on any atom is 0.342 e. The molecular formula is C12H15NO5. The van der Waals surface area contributed by atoms with E-state index in [0.29, 0.717) is 0 Å². The monoisotopic (exact) mass is 253 g/mol. The predicted octanol–water partition coefficient (Wildman–Crippen LogP) is -0.0264. The van der Waals surface area contributed by atoms with Crippen molar-refractivity contribution in [2.45, 2.75) is 11.6 Å². The van der Waals surface area contributed by atoms with Gasteiger partial charge in [-0.1, -0.05) is 30.3 Å². The molecule has 2 atom stereocenters. The normalized spacial score (nSPS) is 16.0. The van der Waals surface area contributed by atoms with Gasteiger partial charge in [0.05, 0.1) is 0 Å². The van der Waals surface area contributed by atoms with Gasteiger partial charge in [0, 0.05) is 0 Å². The number of carbonyl (C=O) groups is 2. The smallest absolute Gasteiger partial charge is 0.342 e. The summed E-state index contributed by atoms with van der Waals surface area (Å²) < 4.78 is 0. The molecule has 0 bridgehead atoms. The lowest BCUT2D eigenvalue weighted by Crippen LogP contribution is -2.57. The Labute approximate surface area is 104 Å². The number of aliphatic hydroxyl groups is 1. The number of carboxylic acids is 2. The van der Waals surface area contributed by atoms with Crippen LogP contribution in [0.3, 0.4) is 0 Å². The molecule has 0 radical (unpaired) electrons. The standard InChI is InChI=1S/C12H15NO5/c1-13(2)9(10(14)15)12(18,11(16)17)8-6-4-3-5-7-8/h3-7,9,18H,1-2H3,(H,14,15)(H,16,17). The van der Waals surface area contributed by atoms with Gasteiger partial charge in [0.1, 0.15) is 0 Å². The minimum atomic E-state index is -2.50. The van der Waals surface area contributed by atoms with Gasteiger partial charge in [-0.25, -0.2) is 4.79 Å². The van der Waals surface area contributed by atoms with Crippen LogP contribution in [-0.2, 0) is 15.2 Å². The fraction of sp³-hybridized carbons (Fsp3) is 0.333. The lowest BCUT2D eigenvalue weighted by atomic mass is 9.85. The molecule has 2 unspecified atom stereocenters. The van der Waals surface area contributed by atoms with E-state index < -0.39 is 23.6 Å². The fourth-order valence-corrected chi connectivity index (χ4v) is 1.86. The molecule has 0 fully saturated rings. The summed E-state index contributed by atoms with van der Waals surface area (Å²) in [6.45, 7) is 0. The van der Waals surface area contributed by atoms with Crippen molar-refractivity contribution in [3.05, 3.63) is 35.9 Å². The van der Waals surface area contributed by atoms with Crippen LogP contribution in [0.1, 0.15) is 5.56 Å². The maximum absolute atomic E-state index is 11.3. The zero-order chi connectivity index (χ0) is 13.9. The van der Waals surface area contributed by atoms with Gasteiger partial charge in [0.15, 0.2) is 6.04 Å². The molecule has 6 heteroatoms. The Balaban J connectivity index is 3.40. The molecule has 0 aromatic heterocycles. The maximum atomic E-state index is 11.3. The molecule has 0 aliphatic heterocycles. The lowest BCUT2D eigenvalue weighted by Gasteiger charge is -2.33. The first-order valence-electron chi connectivity index (χ1n) is 5.22. The van der Waals surface area contributed by atoms with Gasteiger partial charge >= 0.3 is 11.9 Å². The zero-order valence-corrected chi connectivity index (χ0v) is 10.1. The Kier molecular flexibility index (Phi) is 4.05. The van der Waals surface area contributed by atoms with Crippen molar-refractivity contribution in [2.24, 2.45) is 0 Å². The van der Waals surface area contributed by atoms with E-state index in [2.05, 4.69) is 0 Å². The van der Waals surface area contributed by atoms with Crippen molar-refractivity contribution in [3.63, 3.8) is 0 Å². The van der Waals surface area contributed by atoms with E-state index in [1.54, 1.807) is 6.07 Å². The van der Waals surface area contributed by atoms with Crippen LogP contribution in [0.5, 0.6) is 0 Å². The number of nitrogens with zero attached hydrogens (tertiary/aromatic N) is 1. The second-order valence-electron chi connectivity index (χ2n) is 4.14. The van der Waals surface area contributed by atoms with Crippen molar-refractivity contribution in [1.82, 2.24) is 4.90 Å². The average Bonchev–Trinajstić information content (AvgIpc) is 2.28. The Morgan fingerprint density at radius 2 is 1.67 bits per heavy atom. The number of benzene rings is 1. The van der Waals surface area contributed by atoms with Crippen molar-refractivity contribution < 1.29 is 24.9 Å². The van der Waals surface area contributed by atoms with E-state index >= 15 is 0 Å². The first kappa shape index (κ1) is 14.1. The highest BCUT2D eigenvalue weighted by Crippen LogP contribution is 2.28. The van der Waals surface area contributed by atoms with Gasteiger partial charge < -0.3 is 15.3 Å². The highest BCUT2D eigenvalue weighted by atomic mass is 16.4. The molecule has 0 spiro atoms. The van der Waals surface area contributed by atoms with Crippen molar-refractivity contribution in [3.8, 4) is 0 Å². The van der Waals surface area contributed by atoms with Crippen LogP contribution in [0, 0.1) is 0 Å².